The Kier molecular flexibility index (Phi) is 8.79. The minimum atomic E-state index is -0.674. The summed E-state index contributed by atoms with van der Waals surface area (Å²) in [4.78, 5) is 28.7. The van der Waals surface area contributed by atoms with Crippen LogP contribution in [-0.2, 0) is 4.79 Å². The largest absolute Gasteiger partial charge is 0.497 e. The summed E-state index contributed by atoms with van der Waals surface area (Å²) >= 11 is 0. The molecule has 0 saturated heterocycles. The van der Waals surface area contributed by atoms with Gasteiger partial charge >= 0.3 is 0 Å². The van der Waals surface area contributed by atoms with E-state index in [4.69, 9.17) is 14.2 Å². The Morgan fingerprint density at radius 3 is 2.43 bits per heavy atom. The maximum atomic E-state index is 13.6. The van der Waals surface area contributed by atoms with Crippen molar-refractivity contribution in [3.05, 3.63) is 65.7 Å². The molecule has 1 N–H and O–H groups in total. The number of methoxy groups -OCH3 is 2. The molecule has 188 valence electrons. The van der Waals surface area contributed by atoms with Gasteiger partial charge in [0.1, 0.15) is 23.3 Å². The molecule has 2 aromatic rings. The minimum absolute atomic E-state index is 0.113. The summed E-state index contributed by atoms with van der Waals surface area (Å²) in [5.74, 6) is 1.22. The van der Waals surface area contributed by atoms with Crippen LogP contribution in [0.4, 0.5) is 0 Å². The van der Waals surface area contributed by atoms with Crippen LogP contribution in [0, 0.1) is 5.92 Å². The van der Waals surface area contributed by atoms with Gasteiger partial charge in [-0.25, -0.2) is 0 Å². The van der Waals surface area contributed by atoms with Gasteiger partial charge in [0.15, 0.2) is 0 Å². The number of ether oxygens (including phenoxy) is 3. The zero-order valence-corrected chi connectivity index (χ0v) is 21.4. The Morgan fingerprint density at radius 1 is 1.03 bits per heavy atom. The lowest BCUT2D eigenvalue weighted by molar-refractivity contribution is -0.127. The van der Waals surface area contributed by atoms with Gasteiger partial charge in [0.25, 0.3) is 5.91 Å². The molecule has 0 spiro atoms. The zero-order chi connectivity index (χ0) is 25.5. The van der Waals surface area contributed by atoms with Gasteiger partial charge in [0.05, 0.1) is 31.9 Å². The highest BCUT2D eigenvalue weighted by molar-refractivity contribution is 5.99. The highest BCUT2D eigenvalue weighted by Gasteiger charge is 2.33. The number of nitrogens with zero attached hydrogens (tertiary/aromatic N) is 1. The van der Waals surface area contributed by atoms with E-state index in [0.29, 0.717) is 35.7 Å². The number of carbonyl (C=O) groups excluding carboxylic acids is 2. The Labute approximate surface area is 208 Å². The van der Waals surface area contributed by atoms with Gasteiger partial charge in [-0.05, 0) is 43.5 Å². The number of benzene rings is 2. The fourth-order valence-corrected chi connectivity index (χ4v) is 4.40. The topological polar surface area (TPSA) is 77.1 Å². The zero-order valence-electron chi connectivity index (χ0n) is 21.4. The van der Waals surface area contributed by atoms with Crippen LogP contribution in [0.2, 0.25) is 0 Å². The summed E-state index contributed by atoms with van der Waals surface area (Å²) in [6, 6.07) is 11.7. The predicted molar refractivity (Wildman–Crippen MR) is 136 cm³/mol. The van der Waals surface area contributed by atoms with Gasteiger partial charge < -0.3 is 24.4 Å². The molecule has 2 aromatic carbocycles. The van der Waals surface area contributed by atoms with Crippen molar-refractivity contribution in [2.45, 2.75) is 51.8 Å². The third-order valence-corrected chi connectivity index (χ3v) is 6.22. The summed E-state index contributed by atoms with van der Waals surface area (Å²) < 4.78 is 17.1. The fourth-order valence-electron chi connectivity index (χ4n) is 4.40. The first-order chi connectivity index (χ1) is 16.8. The highest BCUT2D eigenvalue weighted by atomic mass is 16.5. The van der Waals surface area contributed by atoms with Crippen LogP contribution in [0.15, 0.2) is 54.6 Å². The molecule has 1 aliphatic heterocycles. The molecule has 1 heterocycles. The number of para-hydroxylation sites is 1. The van der Waals surface area contributed by atoms with E-state index in [1.165, 1.54) is 4.90 Å². The van der Waals surface area contributed by atoms with Crippen molar-refractivity contribution < 1.29 is 23.8 Å². The van der Waals surface area contributed by atoms with Crippen LogP contribution in [0.25, 0.3) is 0 Å². The number of nitrogens with one attached hydrogen (secondary N) is 1. The van der Waals surface area contributed by atoms with E-state index in [0.717, 1.165) is 5.56 Å². The van der Waals surface area contributed by atoms with Gasteiger partial charge in [-0.15, -0.1) is 0 Å². The number of rotatable bonds is 4. The van der Waals surface area contributed by atoms with Crippen molar-refractivity contribution in [2.24, 2.45) is 5.92 Å². The van der Waals surface area contributed by atoms with Crippen molar-refractivity contribution in [2.75, 3.05) is 21.3 Å². The number of hydrogen-bond acceptors (Lipinski definition) is 5. The molecule has 0 bridgehead atoms. The van der Waals surface area contributed by atoms with E-state index in [9.17, 15) is 9.59 Å². The van der Waals surface area contributed by atoms with Crippen molar-refractivity contribution in [3.8, 4) is 17.2 Å². The van der Waals surface area contributed by atoms with Gasteiger partial charge in [-0.2, -0.15) is 0 Å². The van der Waals surface area contributed by atoms with Gasteiger partial charge in [0.2, 0.25) is 5.91 Å². The molecule has 3 atom stereocenters. The summed E-state index contributed by atoms with van der Waals surface area (Å²) in [6.45, 7) is 5.85. The van der Waals surface area contributed by atoms with E-state index in [1.54, 1.807) is 45.5 Å². The minimum Gasteiger partial charge on any atom is -0.497 e. The van der Waals surface area contributed by atoms with Crippen LogP contribution in [0.3, 0.4) is 0 Å². The molecule has 0 fully saturated rings. The lowest BCUT2D eigenvalue weighted by atomic mass is 9.97. The lowest BCUT2D eigenvalue weighted by Crippen LogP contribution is -2.51. The first-order valence-electron chi connectivity index (χ1n) is 12.0. The van der Waals surface area contributed by atoms with Crippen LogP contribution in [0.1, 0.15) is 55.6 Å². The fraction of sp³-hybridized carbons (Fsp3) is 0.429. The van der Waals surface area contributed by atoms with Crippen molar-refractivity contribution in [3.63, 3.8) is 0 Å². The third-order valence-electron chi connectivity index (χ3n) is 6.22. The molecule has 0 saturated carbocycles. The normalized spacial score (nSPS) is 22.5. The van der Waals surface area contributed by atoms with E-state index < -0.39 is 6.04 Å². The molecule has 1 aliphatic rings. The lowest BCUT2D eigenvalue weighted by Gasteiger charge is -2.32. The van der Waals surface area contributed by atoms with E-state index >= 15 is 0 Å². The average molecular weight is 481 g/mol. The molecule has 0 aromatic heterocycles. The number of fused-ring (bicyclic) bond motifs is 1. The second-order valence-corrected chi connectivity index (χ2v) is 9.14. The van der Waals surface area contributed by atoms with Crippen LogP contribution in [0.5, 0.6) is 17.2 Å². The van der Waals surface area contributed by atoms with Crippen molar-refractivity contribution in [1.82, 2.24) is 10.2 Å². The van der Waals surface area contributed by atoms with Crippen LogP contribution in [-0.4, -0.2) is 50.1 Å². The Balaban J connectivity index is 2.04. The third kappa shape index (κ3) is 6.15. The molecule has 7 heteroatoms. The number of amides is 2. The van der Waals surface area contributed by atoms with E-state index in [-0.39, 0.29) is 29.9 Å². The molecule has 35 heavy (non-hydrogen) atoms. The highest BCUT2D eigenvalue weighted by Crippen LogP contribution is 2.32. The number of hydrogen-bond donors (Lipinski definition) is 1. The predicted octanol–water partition coefficient (Wildman–Crippen LogP) is 4.78. The van der Waals surface area contributed by atoms with Gasteiger partial charge in [-0.1, -0.05) is 38.1 Å². The van der Waals surface area contributed by atoms with Crippen molar-refractivity contribution >= 4 is 11.8 Å². The van der Waals surface area contributed by atoms with Gasteiger partial charge in [-0.3, -0.25) is 9.59 Å². The summed E-state index contributed by atoms with van der Waals surface area (Å²) in [7, 11) is 4.86. The maximum absolute atomic E-state index is 13.6. The Hall–Kier alpha value is -3.48. The standard InChI is InChI=1S/C28H36N2O5/c1-18(2)26-27(31)29-23(21-16-15-20(33-5)17-25(21)34-6)13-9-7-11-19(3)35-24-14-10-8-12-22(24)28(32)30(26)4/h7-10,12,14-19,23,26H,11,13H2,1-6H3,(H,29,31)/b9-7-/t19-,23+,26-/m1/s1. The molecule has 2 amide bonds. The molecular formula is C28H36N2O5. The van der Waals surface area contributed by atoms with Crippen molar-refractivity contribution in [1.29, 1.82) is 0 Å². The van der Waals surface area contributed by atoms with E-state index in [1.807, 2.05) is 51.1 Å². The maximum Gasteiger partial charge on any atom is 0.258 e. The Bertz CT molecular complexity index is 1070. The summed E-state index contributed by atoms with van der Waals surface area (Å²) in [5.41, 5.74) is 1.28. The first kappa shape index (κ1) is 26.1. The average Bonchev–Trinajstić information content (AvgIpc) is 2.84. The second-order valence-electron chi connectivity index (χ2n) is 9.14. The Morgan fingerprint density at radius 2 is 1.74 bits per heavy atom. The quantitative estimate of drug-likeness (QED) is 0.638. The van der Waals surface area contributed by atoms with Crippen LogP contribution < -0.4 is 19.5 Å². The molecule has 7 nitrogen and oxygen atoms in total. The molecule has 0 unspecified atom stereocenters. The van der Waals surface area contributed by atoms with Crippen LogP contribution >= 0.6 is 0 Å². The monoisotopic (exact) mass is 480 g/mol. The number of likely N-dealkylation sites (N-methyl/N-ethyl adjacent to an activating group) is 1. The smallest absolute Gasteiger partial charge is 0.258 e. The SMILES string of the molecule is COc1ccc([C@@H]2C/C=C\C[C@@H](C)Oc3ccccc3C(=O)N(C)[C@H](C(C)C)C(=O)N2)c(OC)c1. The molecular weight excluding hydrogens is 444 g/mol. The molecule has 3 rings (SSSR count). The molecule has 0 radical (unpaired) electrons. The number of carbonyl (C=O) groups is 2. The first-order valence-corrected chi connectivity index (χ1v) is 12.0. The summed E-state index contributed by atoms with van der Waals surface area (Å²) in [6.07, 6.45) is 5.18. The van der Waals surface area contributed by atoms with Gasteiger partial charge in [0, 0.05) is 25.1 Å². The molecule has 0 aliphatic carbocycles. The van der Waals surface area contributed by atoms with E-state index in [2.05, 4.69) is 5.32 Å². The second kappa shape index (κ2) is 11.8. The summed E-state index contributed by atoms with van der Waals surface area (Å²) in [5, 5.41) is 3.18.